The predicted octanol–water partition coefficient (Wildman–Crippen LogP) is 3.51. The van der Waals surface area contributed by atoms with Gasteiger partial charge in [-0.1, -0.05) is 29.8 Å². The zero-order valence-electron chi connectivity index (χ0n) is 13.7. The van der Waals surface area contributed by atoms with E-state index in [1.165, 1.54) is 24.2 Å². The van der Waals surface area contributed by atoms with Gasteiger partial charge in [0.15, 0.2) is 0 Å². The number of hydrogen-bond acceptors (Lipinski definition) is 3. The lowest BCUT2D eigenvalue weighted by atomic mass is 10.1. The van der Waals surface area contributed by atoms with Crippen LogP contribution in [0.3, 0.4) is 0 Å². The van der Waals surface area contributed by atoms with Gasteiger partial charge in [-0.25, -0.2) is 0 Å². The van der Waals surface area contributed by atoms with E-state index in [1.807, 2.05) is 0 Å². The summed E-state index contributed by atoms with van der Waals surface area (Å²) in [7, 11) is 0. The lowest BCUT2D eigenvalue weighted by Gasteiger charge is -2.27. The fourth-order valence-electron chi connectivity index (χ4n) is 2.69. The molecule has 0 saturated heterocycles. The van der Waals surface area contributed by atoms with Crippen LogP contribution < -0.4 is 10.6 Å². The van der Waals surface area contributed by atoms with Gasteiger partial charge in [0, 0.05) is 23.2 Å². The lowest BCUT2D eigenvalue weighted by molar-refractivity contribution is 0.300. The fraction of sp³-hybridized carbons (Fsp3) is 0.647. The first-order chi connectivity index (χ1) is 10.2. The molecule has 0 unspecified atom stereocenters. The van der Waals surface area contributed by atoms with Gasteiger partial charge >= 0.3 is 0 Å². The maximum absolute atomic E-state index is 5.76. The number of hydrogen-bond donors (Lipinski definition) is 1. The van der Waals surface area contributed by atoms with Crippen molar-refractivity contribution in [2.24, 2.45) is 5.73 Å². The predicted molar refractivity (Wildman–Crippen MR) is 97.2 cm³/mol. The van der Waals surface area contributed by atoms with Gasteiger partial charge in [0.25, 0.3) is 0 Å². The second kappa shape index (κ2) is 10.2. The molecule has 0 aliphatic heterocycles. The summed E-state index contributed by atoms with van der Waals surface area (Å²) in [5, 5.41) is 0. The molecule has 2 N–H and O–H groups in total. The van der Waals surface area contributed by atoms with Crippen LogP contribution in [0.25, 0.3) is 0 Å². The van der Waals surface area contributed by atoms with E-state index in [-0.39, 0.29) is 0 Å². The van der Waals surface area contributed by atoms with Crippen LogP contribution in [0.2, 0.25) is 0 Å². The van der Waals surface area contributed by atoms with E-state index in [2.05, 4.69) is 64.7 Å². The molecule has 4 heteroatoms. The first-order valence-electron chi connectivity index (χ1n) is 8.11. The van der Waals surface area contributed by atoms with E-state index in [9.17, 15) is 0 Å². The number of benzene rings is 1. The number of anilines is 1. The van der Waals surface area contributed by atoms with Crippen LogP contribution in [-0.2, 0) is 6.42 Å². The molecule has 0 aromatic heterocycles. The van der Waals surface area contributed by atoms with E-state index in [0.29, 0.717) is 6.54 Å². The monoisotopic (exact) mass is 355 g/mol. The molecule has 120 valence electrons. The number of rotatable bonds is 10. The molecular weight excluding hydrogens is 326 g/mol. The van der Waals surface area contributed by atoms with Crippen LogP contribution in [-0.4, -0.2) is 44.2 Å². The second-order valence-electron chi connectivity index (χ2n) is 5.27. The molecule has 0 atom stereocenters. The van der Waals surface area contributed by atoms with E-state index in [1.54, 1.807) is 0 Å². The highest BCUT2D eigenvalue weighted by atomic mass is 79.9. The van der Waals surface area contributed by atoms with Gasteiger partial charge in [0.05, 0.1) is 0 Å². The highest BCUT2D eigenvalue weighted by molar-refractivity contribution is 9.10. The minimum Gasteiger partial charge on any atom is -0.372 e. The molecule has 0 fully saturated rings. The summed E-state index contributed by atoms with van der Waals surface area (Å²) >= 11 is 3.56. The van der Waals surface area contributed by atoms with Gasteiger partial charge in [-0.2, -0.15) is 0 Å². The first kappa shape index (κ1) is 18.5. The third kappa shape index (κ3) is 5.97. The molecule has 1 aromatic rings. The molecule has 1 aromatic carbocycles. The summed E-state index contributed by atoms with van der Waals surface area (Å²) in [6.45, 7) is 13.0. The van der Waals surface area contributed by atoms with Gasteiger partial charge < -0.3 is 15.5 Å². The molecule has 21 heavy (non-hydrogen) atoms. The summed E-state index contributed by atoms with van der Waals surface area (Å²) in [6, 6.07) is 6.55. The Kier molecular flexibility index (Phi) is 8.97. The summed E-state index contributed by atoms with van der Waals surface area (Å²) in [6.07, 6.45) is 2.13. The summed E-state index contributed by atoms with van der Waals surface area (Å²) in [5.41, 5.74) is 8.44. The van der Waals surface area contributed by atoms with Crippen LogP contribution in [0.4, 0.5) is 5.69 Å². The van der Waals surface area contributed by atoms with Gasteiger partial charge in [-0.05, 0) is 69.7 Å². The summed E-state index contributed by atoms with van der Waals surface area (Å²) in [5.74, 6) is 0. The largest absolute Gasteiger partial charge is 0.372 e. The number of halogens is 1. The quantitative estimate of drug-likeness (QED) is 0.696. The van der Waals surface area contributed by atoms with Crippen molar-refractivity contribution in [2.75, 3.05) is 44.2 Å². The third-order valence-electron chi connectivity index (χ3n) is 3.97. The molecule has 0 amide bonds. The average Bonchev–Trinajstić information content (AvgIpc) is 2.49. The Labute approximate surface area is 138 Å². The summed E-state index contributed by atoms with van der Waals surface area (Å²) < 4.78 is 1.13. The summed E-state index contributed by atoms with van der Waals surface area (Å²) in [4.78, 5) is 4.96. The minimum atomic E-state index is 0.695. The first-order valence-corrected chi connectivity index (χ1v) is 8.91. The minimum absolute atomic E-state index is 0.695. The molecule has 0 radical (unpaired) electrons. The molecule has 0 spiro atoms. The normalized spacial score (nSPS) is 11.1. The molecule has 0 aliphatic rings. The zero-order valence-corrected chi connectivity index (χ0v) is 15.3. The van der Waals surface area contributed by atoms with Crippen LogP contribution in [0.5, 0.6) is 0 Å². The van der Waals surface area contributed by atoms with Crippen molar-refractivity contribution >= 4 is 21.6 Å². The molecule has 1 rings (SSSR count). The second-order valence-corrected chi connectivity index (χ2v) is 6.19. The standard InChI is InChI=1S/C17H30BrN3/c1-4-20(5-2)12-7-13-21(6-3)17-9-8-16(18)14-15(17)10-11-19/h8-9,14H,4-7,10-13,19H2,1-3H3. The Morgan fingerprint density at radius 3 is 2.33 bits per heavy atom. The van der Waals surface area contributed by atoms with Crippen molar-refractivity contribution in [3.8, 4) is 0 Å². The Balaban J connectivity index is 2.71. The maximum Gasteiger partial charge on any atom is 0.0399 e. The van der Waals surface area contributed by atoms with Crippen LogP contribution >= 0.6 is 15.9 Å². The van der Waals surface area contributed by atoms with Crippen molar-refractivity contribution in [2.45, 2.75) is 33.6 Å². The molecule has 0 bridgehead atoms. The number of nitrogens with zero attached hydrogens (tertiary/aromatic N) is 2. The van der Waals surface area contributed by atoms with E-state index in [0.717, 1.165) is 37.1 Å². The van der Waals surface area contributed by atoms with Crippen molar-refractivity contribution in [1.82, 2.24) is 4.90 Å². The maximum atomic E-state index is 5.76. The molecule has 3 nitrogen and oxygen atoms in total. The lowest BCUT2D eigenvalue weighted by Crippen LogP contribution is -2.30. The number of nitrogens with two attached hydrogens (primary N) is 1. The Morgan fingerprint density at radius 1 is 1.05 bits per heavy atom. The van der Waals surface area contributed by atoms with Crippen molar-refractivity contribution < 1.29 is 0 Å². The van der Waals surface area contributed by atoms with E-state index < -0.39 is 0 Å². The molecule has 0 heterocycles. The Bertz CT molecular complexity index is 405. The Hall–Kier alpha value is -0.580. The average molecular weight is 356 g/mol. The van der Waals surface area contributed by atoms with Gasteiger partial charge in [-0.15, -0.1) is 0 Å². The van der Waals surface area contributed by atoms with Crippen LogP contribution in [0, 0.1) is 0 Å². The van der Waals surface area contributed by atoms with E-state index in [4.69, 9.17) is 5.73 Å². The topological polar surface area (TPSA) is 32.5 Å². The highest BCUT2D eigenvalue weighted by Crippen LogP contribution is 2.25. The Morgan fingerprint density at radius 2 is 1.76 bits per heavy atom. The molecule has 0 aliphatic carbocycles. The van der Waals surface area contributed by atoms with Gasteiger partial charge in [0.2, 0.25) is 0 Å². The molecular formula is C17H30BrN3. The zero-order chi connectivity index (χ0) is 15.7. The third-order valence-corrected chi connectivity index (χ3v) is 4.47. The van der Waals surface area contributed by atoms with Crippen LogP contribution in [0.1, 0.15) is 32.8 Å². The fourth-order valence-corrected chi connectivity index (χ4v) is 3.10. The van der Waals surface area contributed by atoms with Gasteiger partial charge in [-0.3, -0.25) is 0 Å². The SMILES string of the molecule is CCN(CC)CCCN(CC)c1ccc(Br)cc1CCN. The van der Waals surface area contributed by atoms with Crippen molar-refractivity contribution in [1.29, 1.82) is 0 Å². The van der Waals surface area contributed by atoms with Crippen molar-refractivity contribution in [3.05, 3.63) is 28.2 Å². The van der Waals surface area contributed by atoms with E-state index >= 15 is 0 Å². The van der Waals surface area contributed by atoms with Gasteiger partial charge in [0.1, 0.15) is 0 Å². The highest BCUT2D eigenvalue weighted by Gasteiger charge is 2.10. The van der Waals surface area contributed by atoms with Crippen molar-refractivity contribution in [3.63, 3.8) is 0 Å². The smallest absolute Gasteiger partial charge is 0.0399 e. The van der Waals surface area contributed by atoms with Crippen LogP contribution in [0.15, 0.2) is 22.7 Å². The molecule has 0 saturated carbocycles.